The fraction of sp³-hybridized carbons (Fsp3) is 0.143. The Morgan fingerprint density at radius 3 is 2.58 bits per heavy atom. The predicted molar refractivity (Wildman–Crippen MR) is 69.5 cm³/mol. The third kappa shape index (κ3) is 3.10. The maximum atomic E-state index is 11.8. The Balaban J connectivity index is 2.09. The number of carbonyl (C=O) groups excluding carboxylic acids is 2. The number of rotatable bonds is 3. The first-order valence-corrected chi connectivity index (χ1v) is 5.97. The number of ether oxygens (including phenoxy) is 1. The summed E-state index contributed by atoms with van der Waals surface area (Å²) in [6.07, 6.45) is 4.04. The molecular weight excluding hydrogens is 268 g/mol. The van der Waals surface area contributed by atoms with Gasteiger partial charge in [-0.05, 0) is 35.9 Å². The first-order chi connectivity index (χ1) is 9.01. The van der Waals surface area contributed by atoms with E-state index in [0.29, 0.717) is 5.56 Å². The van der Waals surface area contributed by atoms with Crippen LogP contribution in [0.5, 0.6) is 0 Å². The van der Waals surface area contributed by atoms with Gasteiger partial charge in [-0.15, -0.1) is 0 Å². The summed E-state index contributed by atoms with van der Waals surface area (Å²) in [6, 6.07) is 8.43. The molecule has 1 aromatic carbocycles. The number of aliphatic hydroxyl groups is 1. The number of halogens is 1. The average molecular weight is 279 g/mol. The lowest BCUT2D eigenvalue weighted by atomic mass is 9.95. The van der Waals surface area contributed by atoms with E-state index in [1.807, 2.05) is 0 Å². The van der Waals surface area contributed by atoms with Crippen LogP contribution < -0.4 is 0 Å². The second-order valence-electron chi connectivity index (χ2n) is 4.12. The van der Waals surface area contributed by atoms with Crippen LogP contribution in [0, 0.1) is 0 Å². The molecule has 1 aliphatic rings. The van der Waals surface area contributed by atoms with Crippen molar-refractivity contribution in [3.63, 3.8) is 0 Å². The molecule has 0 radical (unpaired) electrons. The molecule has 0 heterocycles. The molecule has 98 valence electrons. The molecule has 5 heteroatoms. The van der Waals surface area contributed by atoms with Crippen LogP contribution in [-0.4, -0.2) is 21.9 Å². The summed E-state index contributed by atoms with van der Waals surface area (Å²) >= 11 is 5.31. The van der Waals surface area contributed by atoms with E-state index in [1.165, 1.54) is 18.2 Å². The summed E-state index contributed by atoms with van der Waals surface area (Å²) in [6.45, 7) is 0. The molecule has 0 aromatic heterocycles. The Bertz CT molecular complexity index is 562. The van der Waals surface area contributed by atoms with E-state index >= 15 is 0 Å². The summed E-state index contributed by atoms with van der Waals surface area (Å²) in [4.78, 5) is 22.9. The Morgan fingerprint density at radius 1 is 1.26 bits per heavy atom. The van der Waals surface area contributed by atoms with Crippen LogP contribution in [-0.2, 0) is 9.53 Å². The van der Waals surface area contributed by atoms with Crippen molar-refractivity contribution >= 4 is 22.8 Å². The van der Waals surface area contributed by atoms with E-state index in [2.05, 4.69) is 0 Å². The average Bonchev–Trinajstić information content (AvgIpc) is 2.39. The minimum Gasteiger partial charge on any atom is -0.427 e. The van der Waals surface area contributed by atoms with Crippen molar-refractivity contribution in [2.75, 3.05) is 0 Å². The van der Waals surface area contributed by atoms with E-state index in [4.69, 9.17) is 16.3 Å². The second-order valence-corrected chi connectivity index (χ2v) is 4.47. The van der Waals surface area contributed by atoms with Gasteiger partial charge in [0, 0.05) is 6.42 Å². The van der Waals surface area contributed by atoms with Crippen molar-refractivity contribution in [1.29, 1.82) is 0 Å². The molecule has 0 spiro atoms. The largest absolute Gasteiger partial charge is 0.427 e. The number of hydrogen-bond donors (Lipinski definition) is 1. The van der Waals surface area contributed by atoms with E-state index in [9.17, 15) is 14.7 Å². The van der Waals surface area contributed by atoms with Crippen molar-refractivity contribution in [3.05, 3.63) is 59.9 Å². The van der Waals surface area contributed by atoms with Crippen LogP contribution in [0.2, 0.25) is 0 Å². The molecule has 0 amide bonds. The van der Waals surface area contributed by atoms with E-state index in [-0.39, 0.29) is 12.2 Å². The minimum absolute atomic E-state index is 0.162. The van der Waals surface area contributed by atoms with Gasteiger partial charge in [0.1, 0.15) is 5.76 Å². The standard InChI is InChI=1S/C14H11ClO4/c15-13(17)14(18)8-4-7-11(9-14)19-12(16)10-5-2-1-3-6-10/h1-8,18H,9H2. The lowest BCUT2D eigenvalue weighted by molar-refractivity contribution is -0.125. The molecular formula is C14H11ClO4. The molecule has 1 N–H and O–H groups in total. The minimum atomic E-state index is -1.82. The highest BCUT2D eigenvalue weighted by Crippen LogP contribution is 2.26. The first kappa shape index (κ1) is 13.5. The normalized spacial score (nSPS) is 21.7. The van der Waals surface area contributed by atoms with E-state index in [0.717, 1.165) is 0 Å². The monoisotopic (exact) mass is 278 g/mol. The summed E-state index contributed by atoms with van der Waals surface area (Å²) in [7, 11) is 0. The van der Waals surface area contributed by atoms with Gasteiger partial charge in [0.15, 0.2) is 5.60 Å². The van der Waals surface area contributed by atoms with Gasteiger partial charge in [-0.3, -0.25) is 4.79 Å². The highest BCUT2D eigenvalue weighted by Gasteiger charge is 2.35. The molecule has 1 aliphatic carbocycles. The highest BCUT2D eigenvalue weighted by molar-refractivity contribution is 6.65. The molecule has 19 heavy (non-hydrogen) atoms. The van der Waals surface area contributed by atoms with Crippen LogP contribution >= 0.6 is 11.6 Å². The van der Waals surface area contributed by atoms with Crippen LogP contribution in [0.25, 0.3) is 0 Å². The Labute approximate surface area is 114 Å². The topological polar surface area (TPSA) is 63.6 Å². The van der Waals surface area contributed by atoms with Crippen molar-refractivity contribution in [2.24, 2.45) is 0 Å². The van der Waals surface area contributed by atoms with Gasteiger partial charge >= 0.3 is 5.97 Å². The summed E-state index contributed by atoms with van der Waals surface area (Å²) in [5, 5.41) is 8.99. The molecule has 0 aliphatic heterocycles. The Hall–Kier alpha value is -1.91. The maximum absolute atomic E-state index is 11.8. The number of allylic oxidation sites excluding steroid dienone is 2. The zero-order valence-corrected chi connectivity index (χ0v) is 10.6. The van der Waals surface area contributed by atoms with Gasteiger partial charge in [0.05, 0.1) is 5.56 Å². The lowest BCUT2D eigenvalue weighted by Gasteiger charge is -2.23. The Morgan fingerprint density at radius 2 is 1.95 bits per heavy atom. The fourth-order valence-electron chi connectivity index (χ4n) is 1.66. The van der Waals surface area contributed by atoms with Crippen LogP contribution in [0.1, 0.15) is 16.8 Å². The molecule has 4 nitrogen and oxygen atoms in total. The van der Waals surface area contributed by atoms with Crippen molar-refractivity contribution in [1.82, 2.24) is 0 Å². The molecule has 1 unspecified atom stereocenters. The summed E-state index contributed by atoms with van der Waals surface area (Å²) in [5.41, 5.74) is -1.43. The van der Waals surface area contributed by atoms with Gasteiger partial charge in [0.2, 0.25) is 0 Å². The lowest BCUT2D eigenvalue weighted by Crippen LogP contribution is -2.35. The SMILES string of the molecule is O=C(OC1=CC=CC(O)(C(=O)Cl)C1)c1ccccc1. The number of esters is 1. The smallest absolute Gasteiger partial charge is 0.343 e. The fourth-order valence-corrected chi connectivity index (χ4v) is 1.79. The number of hydrogen-bond acceptors (Lipinski definition) is 4. The third-order valence-corrected chi connectivity index (χ3v) is 3.00. The van der Waals surface area contributed by atoms with Crippen LogP contribution in [0.3, 0.4) is 0 Å². The van der Waals surface area contributed by atoms with Gasteiger partial charge in [0.25, 0.3) is 5.24 Å². The van der Waals surface area contributed by atoms with Crippen molar-refractivity contribution in [3.8, 4) is 0 Å². The molecule has 0 saturated carbocycles. The zero-order valence-electron chi connectivity index (χ0n) is 9.88. The second kappa shape index (κ2) is 5.38. The molecule has 2 rings (SSSR count). The Kier molecular flexibility index (Phi) is 3.83. The predicted octanol–water partition coefficient (Wildman–Crippen LogP) is 2.18. The van der Waals surface area contributed by atoms with Gasteiger partial charge in [-0.1, -0.05) is 24.3 Å². The van der Waals surface area contributed by atoms with Crippen molar-refractivity contribution < 1.29 is 19.4 Å². The van der Waals surface area contributed by atoms with E-state index < -0.39 is 16.8 Å². The van der Waals surface area contributed by atoms with Crippen molar-refractivity contribution in [2.45, 2.75) is 12.0 Å². The molecule has 1 aromatic rings. The molecule has 0 fully saturated rings. The quantitative estimate of drug-likeness (QED) is 0.680. The highest BCUT2D eigenvalue weighted by atomic mass is 35.5. The van der Waals surface area contributed by atoms with E-state index in [1.54, 1.807) is 30.3 Å². The number of benzene rings is 1. The molecule has 0 saturated heterocycles. The first-order valence-electron chi connectivity index (χ1n) is 5.59. The zero-order chi connectivity index (χ0) is 13.9. The molecule has 0 bridgehead atoms. The van der Waals surface area contributed by atoms with Gasteiger partial charge in [-0.2, -0.15) is 0 Å². The summed E-state index contributed by atoms with van der Waals surface area (Å²) in [5.74, 6) is -0.362. The van der Waals surface area contributed by atoms with Gasteiger partial charge in [-0.25, -0.2) is 4.79 Å². The summed E-state index contributed by atoms with van der Waals surface area (Å²) < 4.78 is 5.12. The van der Waals surface area contributed by atoms with Crippen LogP contribution in [0.4, 0.5) is 0 Å². The van der Waals surface area contributed by atoms with Crippen LogP contribution in [0.15, 0.2) is 54.3 Å². The van der Waals surface area contributed by atoms with Gasteiger partial charge < -0.3 is 9.84 Å². The molecule has 1 atom stereocenters. The third-order valence-electron chi connectivity index (χ3n) is 2.67. The maximum Gasteiger partial charge on any atom is 0.343 e. The number of carbonyl (C=O) groups is 2.